The standard InChI is InChI=1S/C17H23N3/c1-13(2)20(11-15-7-5-8-16(18)10-15)12-17-9-4-6-14(3)19-17/h4-10,13H,11-12,18H2,1-3H3. The monoisotopic (exact) mass is 269 g/mol. The second-order valence-corrected chi connectivity index (χ2v) is 5.51. The molecule has 1 aromatic heterocycles. The molecule has 2 rings (SSSR count). The van der Waals surface area contributed by atoms with Gasteiger partial charge in [-0.25, -0.2) is 0 Å². The molecule has 0 amide bonds. The minimum Gasteiger partial charge on any atom is -0.399 e. The van der Waals surface area contributed by atoms with Gasteiger partial charge in [-0.05, 0) is 50.6 Å². The van der Waals surface area contributed by atoms with Crippen LogP contribution in [-0.2, 0) is 13.1 Å². The van der Waals surface area contributed by atoms with E-state index in [4.69, 9.17) is 5.73 Å². The molecule has 0 aliphatic carbocycles. The summed E-state index contributed by atoms with van der Waals surface area (Å²) in [7, 11) is 0. The largest absolute Gasteiger partial charge is 0.399 e. The molecule has 1 aromatic carbocycles. The highest BCUT2D eigenvalue weighted by atomic mass is 15.1. The topological polar surface area (TPSA) is 42.1 Å². The van der Waals surface area contributed by atoms with E-state index in [-0.39, 0.29) is 0 Å². The first-order valence-corrected chi connectivity index (χ1v) is 7.05. The molecule has 3 nitrogen and oxygen atoms in total. The zero-order valence-electron chi connectivity index (χ0n) is 12.5. The van der Waals surface area contributed by atoms with Gasteiger partial charge >= 0.3 is 0 Å². The first kappa shape index (κ1) is 14.5. The van der Waals surface area contributed by atoms with Gasteiger partial charge < -0.3 is 5.73 Å². The number of anilines is 1. The van der Waals surface area contributed by atoms with E-state index in [1.807, 2.05) is 31.2 Å². The maximum Gasteiger partial charge on any atom is 0.0547 e. The Morgan fingerprint density at radius 3 is 2.50 bits per heavy atom. The second-order valence-electron chi connectivity index (χ2n) is 5.51. The first-order valence-electron chi connectivity index (χ1n) is 7.05. The Labute approximate surface area is 121 Å². The zero-order valence-corrected chi connectivity index (χ0v) is 12.5. The summed E-state index contributed by atoms with van der Waals surface area (Å²) < 4.78 is 0. The molecule has 2 aromatic rings. The summed E-state index contributed by atoms with van der Waals surface area (Å²) in [6.07, 6.45) is 0. The van der Waals surface area contributed by atoms with Crippen molar-refractivity contribution in [3.8, 4) is 0 Å². The molecule has 0 saturated carbocycles. The molecular formula is C17H23N3. The Bertz CT molecular complexity index is 516. The summed E-state index contributed by atoms with van der Waals surface area (Å²) in [6.45, 7) is 8.19. The Balaban J connectivity index is 2.11. The highest BCUT2D eigenvalue weighted by molar-refractivity contribution is 5.40. The maximum absolute atomic E-state index is 5.85. The van der Waals surface area contributed by atoms with Crippen LogP contribution >= 0.6 is 0 Å². The second kappa shape index (κ2) is 6.53. The molecule has 106 valence electrons. The van der Waals surface area contributed by atoms with Gasteiger partial charge in [0.25, 0.3) is 0 Å². The van der Waals surface area contributed by atoms with Crippen LogP contribution in [0.4, 0.5) is 5.69 Å². The molecule has 0 unspecified atom stereocenters. The number of nitrogen functional groups attached to an aromatic ring is 1. The van der Waals surface area contributed by atoms with E-state index in [0.717, 1.165) is 30.2 Å². The lowest BCUT2D eigenvalue weighted by Crippen LogP contribution is -2.30. The third-order valence-electron chi connectivity index (χ3n) is 3.38. The van der Waals surface area contributed by atoms with Crippen LogP contribution < -0.4 is 5.73 Å². The van der Waals surface area contributed by atoms with Crippen molar-refractivity contribution in [3.63, 3.8) is 0 Å². The van der Waals surface area contributed by atoms with Gasteiger partial charge in [-0.2, -0.15) is 0 Å². The van der Waals surface area contributed by atoms with Crippen LogP contribution in [0.5, 0.6) is 0 Å². The Kier molecular flexibility index (Phi) is 4.74. The average Bonchev–Trinajstić information content (AvgIpc) is 2.38. The van der Waals surface area contributed by atoms with Gasteiger partial charge in [0.1, 0.15) is 0 Å². The van der Waals surface area contributed by atoms with Crippen molar-refractivity contribution >= 4 is 5.69 Å². The van der Waals surface area contributed by atoms with Crippen LogP contribution in [0.15, 0.2) is 42.5 Å². The Hall–Kier alpha value is -1.87. The predicted octanol–water partition coefficient (Wildman–Crippen LogP) is 3.38. The number of nitrogens with two attached hydrogens (primary N) is 1. The van der Waals surface area contributed by atoms with E-state index in [1.54, 1.807) is 0 Å². The zero-order chi connectivity index (χ0) is 14.5. The third kappa shape index (κ3) is 4.07. The van der Waals surface area contributed by atoms with Crippen molar-refractivity contribution in [1.29, 1.82) is 0 Å². The summed E-state index contributed by atoms with van der Waals surface area (Å²) >= 11 is 0. The number of hydrogen-bond donors (Lipinski definition) is 1. The van der Waals surface area contributed by atoms with Gasteiger partial charge in [0.15, 0.2) is 0 Å². The lowest BCUT2D eigenvalue weighted by Gasteiger charge is -2.26. The van der Waals surface area contributed by atoms with E-state index in [1.165, 1.54) is 5.56 Å². The Morgan fingerprint density at radius 2 is 1.85 bits per heavy atom. The van der Waals surface area contributed by atoms with Crippen LogP contribution in [0.1, 0.15) is 30.8 Å². The molecule has 0 aliphatic rings. The van der Waals surface area contributed by atoms with Gasteiger partial charge in [-0.1, -0.05) is 18.2 Å². The molecular weight excluding hydrogens is 246 g/mol. The molecule has 0 atom stereocenters. The molecule has 0 radical (unpaired) electrons. The molecule has 0 saturated heterocycles. The minimum atomic E-state index is 0.457. The Morgan fingerprint density at radius 1 is 1.10 bits per heavy atom. The van der Waals surface area contributed by atoms with Gasteiger partial charge in [0.05, 0.1) is 5.69 Å². The first-order chi connectivity index (χ1) is 9.54. The summed E-state index contributed by atoms with van der Waals surface area (Å²) in [5, 5.41) is 0. The molecule has 0 fully saturated rings. The van der Waals surface area contributed by atoms with E-state index >= 15 is 0 Å². The van der Waals surface area contributed by atoms with Crippen molar-refractivity contribution in [2.45, 2.75) is 39.9 Å². The average molecular weight is 269 g/mol. The SMILES string of the molecule is Cc1cccc(CN(Cc2cccc(N)c2)C(C)C)n1. The molecule has 0 bridgehead atoms. The lowest BCUT2D eigenvalue weighted by molar-refractivity contribution is 0.201. The van der Waals surface area contributed by atoms with Crippen molar-refractivity contribution in [3.05, 3.63) is 59.4 Å². The van der Waals surface area contributed by atoms with Crippen molar-refractivity contribution in [2.24, 2.45) is 0 Å². The molecule has 0 spiro atoms. The van der Waals surface area contributed by atoms with Crippen LogP contribution in [0.3, 0.4) is 0 Å². The number of aryl methyl sites for hydroxylation is 1. The number of rotatable bonds is 5. The van der Waals surface area contributed by atoms with Gasteiger partial charge in [0.2, 0.25) is 0 Å². The number of nitrogens with zero attached hydrogens (tertiary/aromatic N) is 2. The van der Waals surface area contributed by atoms with Gasteiger partial charge in [-0.3, -0.25) is 9.88 Å². The van der Waals surface area contributed by atoms with Crippen LogP contribution in [0, 0.1) is 6.92 Å². The fraction of sp³-hybridized carbons (Fsp3) is 0.353. The maximum atomic E-state index is 5.85. The highest BCUT2D eigenvalue weighted by Gasteiger charge is 2.12. The fourth-order valence-corrected chi connectivity index (χ4v) is 2.24. The predicted molar refractivity (Wildman–Crippen MR) is 84.2 cm³/mol. The molecule has 20 heavy (non-hydrogen) atoms. The lowest BCUT2D eigenvalue weighted by atomic mass is 10.1. The number of pyridine rings is 1. The number of aromatic nitrogens is 1. The van der Waals surface area contributed by atoms with Crippen LogP contribution in [-0.4, -0.2) is 15.9 Å². The summed E-state index contributed by atoms with van der Waals surface area (Å²) in [5.74, 6) is 0. The summed E-state index contributed by atoms with van der Waals surface area (Å²) in [5.41, 5.74) is 10.1. The normalized spacial score (nSPS) is 11.2. The number of hydrogen-bond acceptors (Lipinski definition) is 3. The molecule has 0 aliphatic heterocycles. The molecule has 1 heterocycles. The van der Waals surface area contributed by atoms with Crippen LogP contribution in [0.2, 0.25) is 0 Å². The number of benzene rings is 1. The van der Waals surface area contributed by atoms with Gasteiger partial charge in [0, 0.05) is 30.5 Å². The summed E-state index contributed by atoms with van der Waals surface area (Å²) in [6, 6.07) is 14.7. The quantitative estimate of drug-likeness (QED) is 0.846. The smallest absolute Gasteiger partial charge is 0.0547 e. The van der Waals surface area contributed by atoms with E-state index < -0.39 is 0 Å². The minimum absolute atomic E-state index is 0.457. The van der Waals surface area contributed by atoms with E-state index in [9.17, 15) is 0 Å². The van der Waals surface area contributed by atoms with Crippen molar-refractivity contribution in [1.82, 2.24) is 9.88 Å². The highest BCUT2D eigenvalue weighted by Crippen LogP contribution is 2.14. The van der Waals surface area contributed by atoms with Crippen molar-refractivity contribution < 1.29 is 0 Å². The molecule has 2 N–H and O–H groups in total. The summed E-state index contributed by atoms with van der Waals surface area (Å²) in [4.78, 5) is 6.99. The van der Waals surface area contributed by atoms with Crippen molar-refractivity contribution in [2.75, 3.05) is 5.73 Å². The van der Waals surface area contributed by atoms with Gasteiger partial charge in [-0.15, -0.1) is 0 Å². The third-order valence-corrected chi connectivity index (χ3v) is 3.38. The molecule has 3 heteroatoms. The van der Waals surface area contributed by atoms with E-state index in [0.29, 0.717) is 6.04 Å². The van der Waals surface area contributed by atoms with Crippen LogP contribution in [0.25, 0.3) is 0 Å². The van der Waals surface area contributed by atoms with E-state index in [2.05, 4.69) is 41.9 Å². The fourth-order valence-electron chi connectivity index (χ4n) is 2.24.